The molecule has 0 aromatic heterocycles. The summed E-state index contributed by atoms with van der Waals surface area (Å²) in [6.45, 7) is 6.90. The fourth-order valence-corrected chi connectivity index (χ4v) is 1.23. The van der Waals surface area contributed by atoms with Gasteiger partial charge in [-0.05, 0) is 39.8 Å². The van der Waals surface area contributed by atoms with Gasteiger partial charge in [0.2, 0.25) is 0 Å². The number of benzene rings is 1. The monoisotopic (exact) mass is 236 g/mol. The summed E-state index contributed by atoms with van der Waals surface area (Å²) in [6, 6.07) is 6.20. The molecule has 0 aliphatic rings. The normalized spacial score (nSPS) is 12.1. The fourth-order valence-electron chi connectivity index (χ4n) is 1.23. The van der Waals surface area contributed by atoms with Crippen LogP contribution >= 0.6 is 0 Å². The molecule has 0 radical (unpaired) electrons. The molecule has 1 aromatic carbocycles. The quantitative estimate of drug-likeness (QED) is 0.848. The predicted octanol–water partition coefficient (Wildman–Crippen LogP) is 2.66. The first-order valence-corrected chi connectivity index (χ1v) is 5.38. The summed E-state index contributed by atoms with van der Waals surface area (Å²) in [6.07, 6.45) is 0. The van der Waals surface area contributed by atoms with E-state index in [9.17, 15) is 9.50 Å². The molecule has 0 fully saturated rings. The number of nitrogens with one attached hydrogen (secondary N) is 1. The van der Waals surface area contributed by atoms with Crippen LogP contribution < -0.4 is 5.32 Å². The molecule has 0 amide bonds. The Kier molecular flexibility index (Phi) is 3.44. The van der Waals surface area contributed by atoms with Gasteiger partial charge in [-0.2, -0.15) is 5.26 Å². The lowest BCUT2D eigenvalue weighted by Crippen LogP contribution is -2.51. The molecule has 1 aromatic rings. The Balaban J connectivity index is 3.14. The predicted molar refractivity (Wildman–Crippen MR) is 65.1 cm³/mol. The molecule has 0 saturated heterocycles. The van der Waals surface area contributed by atoms with Crippen molar-refractivity contribution in [3.05, 3.63) is 29.6 Å². The van der Waals surface area contributed by atoms with E-state index in [-0.39, 0.29) is 5.56 Å². The van der Waals surface area contributed by atoms with Gasteiger partial charge in [0.15, 0.2) is 0 Å². The minimum Gasteiger partial charge on any atom is -0.388 e. The number of anilines is 1. The van der Waals surface area contributed by atoms with E-state index in [1.807, 2.05) is 6.07 Å². The van der Waals surface area contributed by atoms with Gasteiger partial charge in [0.1, 0.15) is 17.4 Å². The maximum Gasteiger partial charge on any atom is 0.143 e. The Morgan fingerprint density at radius 2 is 1.88 bits per heavy atom. The minimum atomic E-state index is -1.01. The topological polar surface area (TPSA) is 56.0 Å². The van der Waals surface area contributed by atoms with Crippen LogP contribution in [0.3, 0.4) is 0 Å². The molecule has 0 heterocycles. The Labute approximate surface area is 101 Å². The van der Waals surface area contributed by atoms with Gasteiger partial charge >= 0.3 is 0 Å². The van der Waals surface area contributed by atoms with Crippen molar-refractivity contribution in [3.63, 3.8) is 0 Å². The van der Waals surface area contributed by atoms with E-state index in [4.69, 9.17) is 5.26 Å². The number of nitrogens with zero attached hydrogens (tertiary/aromatic N) is 1. The molecule has 3 nitrogen and oxygen atoms in total. The zero-order valence-electron chi connectivity index (χ0n) is 10.5. The number of rotatable bonds is 3. The number of aliphatic hydroxyl groups is 1. The van der Waals surface area contributed by atoms with E-state index in [1.54, 1.807) is 33.8 Å². The Bertz CT molecular complexity index is 455. The van der Waals surface area contributed by atoms with Crippen molar-refractivity contribution in [1.82, 2.24) is 0 Å². The van der Waals surface area contributed by atoms with Crippen LogP contribution in [0, 0.1) is 17.1 Å². The summed E-state index contributed by atoms with van der Waals surface area (Å²) in [4.78, 5) is 0. The number of hydrogen-bond acceptors (Lipinski definition) is 3. The summed E-state index contributed by atoms with van der Waals surface area (Å²) in [5.41, 5.74) is -1.34. The van der Waals surface area contributed by atoms with Gasteiger partial charge in [-0.1, -0.05) is 6.07 Å². The number of nitriles is 1. The van der Waals surface area contributed by atoms with E-state index < -0.39 is 17.0 Å². The van der Waals surface area contributed by atoms with Crippen molar-refractivity contribution < 1.29 is 9.50 Å². The highest BCUT2D eigenvalue weighted by atomic mass is 19.1. The third-order valence-electron chi connectivity index (χ3n) is 3.10. The third kappa shape index (κ3) is 2.75. The smallest absolute Gasteiger partial charge is 0.143 e. The van der Waals surface area contributed by atoms with Gasteiger partial charge in [-0.15, -0.1) is 0 Å². The second kappa shape index (κ2) is 4.34. The van der Waals surface area contributed by atoms with E-state index in [0.717, 1.165) is 0 Å². The number of hydrogen-bond donors (Lipinski definition) is 2. The van der Waals surface area contributed by atoms with Gasteiger partial charge in [0.25, 0.3) is 0 Å². The molecule has 4 heteroatoms. The van der Waals surface area contributed by atoms with Crippen LogP contribution in [0.15, 0.2) is 18.2 Å². The highest BCUT2D eigenvalue weighted by Crippen LogP contribution is 2.28. The summed E-state index contributed by atoms with van der Waals surface area (Å²) >= 11 is 0. The molecule has 0 saturated carbocycles. The zero-order chi connectivity index (χ0) is 13.3. The molecular weight excluding hydrogens is 219 g/mol. The first kappa shape index (κ1) is 13.5. The summed E-state index contributed by atoms with van der Waals surface area (Å²) in [5.74, 6) is -0.566. The molecule has 0 bridgehead atoms. The first-order valence-electron chi connectivity index (χ1n) is 5.38. The van der Waals surface area contributed by atoms with E-state index in [2.05, 4.69) is 5.32 Å². The van der Waals surface area contributed by atoms with Crippen molar-refractivity contribution in [2.24, 2.45) is 0 Å². The van der Waals surface area contributed by atoms with Crippen molar-refractivity contribution in [1.29, 1.82) is 5.26 Å². The highest BCUT2D eigenvalue weighted by Gasteiger charge is 2.35. The van der Waals surface area contributed by atoms with Crippen LogP contribution in [0.5, 0.6) is 0 Å². The molecule has 92 valence electrons. The van der Waals surface area contributed by atoms with Gasteiger partial charge in [-0.3, -0.25) is 0 Å². The Morgan fingerprint density at radius 1 is 1.29 bits per heavy atom. The van der Waals surface area contributed by atoms with E-state index in [1.165, 1.54) is 12.1 Å². The van der Waals surface area contributed by atoms with Gasteiger partial charge < -0.3 is 10.4 Å². The third-order valence-corrected chi connectivity index (χ3v) is 3.10. The van der Waals surface area contributed by atoms with Crippen LogP contribution in [0.2, 0.25) is 0 Å². The van der Waals surface area contributed by atoms with E-state index >= 15 is 0 Å². The van der Waals surface area contributed by atoms with Crippen LogP contribution in [-0.2, 0) is 0 Å². The SMILES string of the molecule is CC(C)(O)C(C)(C)Nc1cccc(F)c1C#N. The molecule has 0 spiro atoms. The molecule has 0 aliphatic heterocycles. The minimum absolute atomic E-state index is 0.0372. The average Bonchev–Trinajstić information content (AvgIpc) is 2.15. The van der Waals surface area contributed by atoms with Gasteiger partial charge in [0.05, 0.1) is 16.8 Å². The number of halogens is 1. The van der Waals surface area contributed by atoms with Gasteiger partial charge in [0, 0.05) is 0 Å². The summed E-state index contributed by atoms with van der Waals surface area (Å²) in [7, 11) is 0. The Morgan fingerprint density at radius 3 is 2.35 bits per heavy atom. The molecular formula is C13H17FN2O. The maximum absolute atomic E-state index is 13.4. The van der Waals surface area contributed by atoms with Crippen molar-refractivity contribution in [2.45, 2.75) is 38.8 Å². The second-order valence-electron chi connectivity index (χ2n) is 5.08. The van der Waals surface area contributed by atoms with Crippen LogP contribution in [0.1, 0.15) is 33.3 Å². The molecule has 2 N–H and O–H groups in total. The highest BCUT2D eigenvalue weighted by molar-refractivity contribution is 5.59. The second-order valence-corrected chi connectivity index (χ2v) is 5.08. The maximum atomic E-state index is 13.4. The lowest BCUT2D eigenvalue weighted by atomic mass is 9.85. The van der Waals surface area contributed by atoms with Crippen molar-refractivity contribution >= 4 is 5.69 Å². The summed E-state index contributed by atoms with van der Waals surface area (Å²) in [5, 5.41) is 21.9. The standard InChI is InChI=1S/C13H17FN2O/c1-12(2,13(3,4)17)16-11-7-5-6-10(14)9(11)8-15/h5-7,16-17H,1-4H3. The van der Waals surface area contributed by atoms with Crippen LogP contribution in [0.25, 0.3) is 0 Å². The van der Waals surface area contributed by atoms with Gasteiger partial charge in [-0.25, -0.2) is 4.39 Å². The average molecular weight is 236 g/mol. The van der Waals surface area contributed by atoms with Crippen LogP contribution in [-0.4, -0.2) is 16.2 Å². The largest absolute Gasteiger partial charge is 0.388 e. The molecule has 0 aliphatic carbocycles. The zero-order valence-corrected chi connectivity index (χ0v) is 10.5. The lowest BCUT2D eigenvalue weighted by Gasteiger charge is -2.39. The molecule has 1 rings (SSSR count). The van der Waals surface area contributed by atoms with Crippen molar-refractivity contribution in [3.8, 4) is 6.07 Å². The lowest BCUT2D eigenvalue weighted by molar-refractivity contribution is 0.0240. The molecule has 0 atom stereocenters. The summed E-state index contributed by atoms with van der Waals surface area (Å²) < 4.78 is 13.4. The Hall–Kier alpha value is -1.60. The fraction of sp³-hybridized carbons (Fsp3) is 0.462. The van der Waals surface area contributed by atoms with Crippen molar-refractivity contribution in [2.75, 3.05) is 5.32 Å². The van der Waals surface area contributed by atoms with E-state index in [0.29, 0.717) is 5.69 Å². The molecule has 17 heavy (non-hydrogen) atoms. The van der Waals surface area contributed by atoms with Crippen LogP contribution in [0.4, 0.5) is 10.1 Å². The first-order chi connectivity index (χ1) is 7.69. The molecule has 0 unspecified atom stereocenters.